The number of rotatable bonds is 2. The third-order valence-electron chi connectivity index (χ3n) is 2.39. The van der Waals surface area contributed by atoms with Crippen LogP contribution in [0.3, 0.4) is 0 Å². The zero-order valence-corrected chi connectivity index (χ0v) is 12.0. The predicted octanol–water partition coefficient (Wildman–Crippen LogP) is 2.80. The largest absolute Gasteiger partial charge is 0.269 e. The van der Waals surface area contributed by atoms with Crippen LogP contribution in [0.2, 0.25) is 5.02 Å². The van der Waals surface area contributed by atoms with E-state index in [1.165, 1.54) is 5.01 Å². The quantitative estimate of drug-likeness (QED) is 0.669. The van der Waals surface area contributed by atoms with Crippen LogP contribution in [0.15, 0.2) is 36.9 Å². The summed E-state index contributed by atoms with van der Waals surface area (Å²) in [6.45, 7) is 8.87. The van der Waals surface area contributed by atoms with Gasteiger partial charge in [-0.2, -0.15) is 0 Å². The normalized spacial score (nSPS) is 10.7. The molecule has 19 heavy (non-hydrogen) atoms. The highest BCUT2D eigenvalue weighted by molar-refractivity contribution is 6.30. The van der Waals surface area contributed by atoms with Crippen LogP contribution >= 0.6 is 11.6 Å². The van der Waals surface area contributed by atoms with Gasteiger partial charge in [0.2, 0.25) is 0 Å². The monoisotopic (exact) mass is 280 g/mol. The molecule has 1 N–H and O–H groups in total. The zero-order chi connectivity index (χ0) is 14.6. The number of hydrogen-bond acceptors (Lipinski definition) is 2. The lowest BCUT2D eigenvalue weighted by atomic mass is 10.1. The molecule has 2 amide bonds. The highest BCUT2D eigenvalue weighted by Crippen LogP contribution is 2.13. The Hall–Kier alpha value is -1.81. The van der Waals surface area contributed by atoms with Crippen molar-refractivity contribution in [3.8, 4) is 0 Å². The molecule has 0 unspecified atom stereocenters. The third-order valence-corrected chi connectivity index (χ3v) is 2.64. The number of halogens is 1. The highest BCUT2D eigenvalue weighted by atomic mass is 35.5. The number of hydrazine groups is 1. The number of hydrogen-bond donors (Lipinski definition) is 1. The average molecular weight is 281 g/mol. The van der Waals surface area contributed by atoms with Gasteiger partial charge in [0.15, 0.2) is 0 Å². The Kier molecular flexibility index (Phi) is 4.72. The van der Waals surface area contributed by atoms with Crippen molar-refractivity contribution >= 4 is 23.4 Å². The first-order chi connectivity index (χ1) is 8.75. The average Bonchev–Trinajstić information content (AvgIpc) is 2.34. The molecule has 5 heteroatoms. The molecule has 0 spiro atoms. The van der Waals surface area contributed by atoms with E-state index in [1.807, 2.05) is 20.8 Å². The lowest BCUT2D eigenvalue weighted by molar-refractivity contribution is -0.133. The lowest BCUT2D eigenvalue weighted by Crippen LogP contribution is -2.55. The van der Waals surface area contributed by atoms with Gasteiger partial charge in [0, 0.05) is 10.6 Å². The fourth-order valence-corrected chi connectivity index (χ4v) is 1.54. The Morgan fingerprint density at radius 3 is 2.21 bits per heavy atom. The highest BCUT2D eigenvalue weighted by Gasteiger charge is 2.26. The second-order valence-corrected chi connectivity index (χ2v) is 5.43. The number of amides is 2. The van der Waals surface area contributed by atoms with Crippen LogP contribution in [-0.2, 0) is 4.79 Å². The third kappa shape index (κ3) is 4.10. The van der Waals surface area contributed by atoms with E-state index in [4.69, 9.17) is 11.6 Å². The van der Waals surface area contributed by atoms with Crippen LogP contribution in [0, 0.1) is 0 Å². The fraction of sp³-hybridized carbons (Fsp3) is 0.286. The molecule has 0 aliphatic heterocycles. The van der Waals surface area contributed by atoms with Crippen LogP contribution in [0.25, 0.3) is 0 Å². The lowest BCUT2D eigenvalue weighted by Gasteiger charge is -2.34. The predicted molar refractivity (Wildman–Crippen MR) is 75.7 cm³/mol. The van der Waals surface area contributed by atoms with Crippen LogP contribution in [0.4, 0.5) is 0 Å². The summed E-state index contributed by atoms with van der Waals surface area (Å²) >= 11 is 5.76. The Morgan fingerprint density at radius 1 is 1.26 bits per heavy atom. The van der Waals surface area contributed by atoms with Gasteiger partial charge in [-0.3, -0.25) is 15.0 Å². The van der Waals surface area contributed by atoms with Crippen LogP contribution in [0.5, 0.6) is 0 Å². The first kappa shape index (κ1) is 15.2. The number of nitrogens with zero attached hydrogens (tertiary/aromatic N) is 1. The summed E-state index contributed by atoms with van der Waals surface area (Å²) < 4.78 is 0. The second-order valence-electron chi connectivity index (χ2n) is 5.00. The van der Waals surface area contributed by atoms with Gasteiger partial charge in [0.25, 0.3) is 11.8 Å². The number of benzene rings is 1. The fourth-order valence-electron chi connectivity index (χ4n) is 1.41. The van der Waals surface area contributed by atoms with E-state index in [2.05, 4.69) is 12.0 Å². The van der Waals surface area contributed by atoms with Crippen molar-refractivity contribution < 1.29 is 9.59 Å². The summed E-state index contributed by atoms with van der Waals surface area (Å²) in [6.07, 6.45) is 1.16. The molecule has 1 aromatic rings. The standard InChI is InChI=1S/C14H17ClN2O2/c1-5-12(18)17(14(2,3)4)16-13(19)10-6-8-11(15)9-7-10/h5-9H,1H2,2-4H3,(H,16,19). The van der Waals surface area contributed by atoms with Crippen molar-refractivity contribution in [3.05, 3.63) is 47.5 Å². The molecule has 0 aliphatic rings. The van der Waals surface area contributed by atoms with Crippen molar-refractivity contribution in [2.75, 3.05) is 0 Å². The SMILES string of the molecule is C=CC(=O)N(NC(=O)c1ccc(Cl)cc1)C(C)(C)C. The molecule has 1 rings (SSSR count). The molecule has 0 aliphatic carbocycles. The molecule has 1 aromatic carbocycles. The molecular formula is C14H17ClN2O2. The van der Waals surface area contributed by atoms with Crippen molar-refractivity contribution in [3.63, 3.8) is 0 Å². The van der Waals surface area contributed by atoms with Crippen LogP contribution in [0.1, 0.15) is 31.1 Å². The number of carbonyl (C=O) groups excluding carboxylic acids is 2. The van der Waals surface area contributed by atoms with Crippen LogP contribution in [-0.4, -0.2) is 22.4 Å². The Bertz CT molecular complexity index is 489. The van der Waals surface area contributed by atoms with E-state index >= 15 is 0 Å². The number of carbonyl (C=O) groups is 2. The van der Waals surface area contributed by atoms with Gasteiger partial charge >= 0.3 is 0 Å². The first-order valence-electron chi connectivity index (χ1n) is 5.79. The zero-order valence-electron chi connectivity index (χ0n) is 11.2. The molecule has 0 bridgehead atoms. The van der Waals surface area contributed by atoms with E-state index in [1.54, 1.807) is 24.3 Å². The van der Waals surface area contributed by atoms with Gasteiger partial charge in [-0.05, 0) is 51.1 Å². The summed E-state index contributed by atoms with van der Waals surface area (Å²) in [5.74, 6) is -0.739. The maximum Gasteiger partial charge on any atom is 0.269 e. The summed E-state index contributed by atoms with van der Waals surface area (Å²) in [5, 5.41) is 1.79. The van der Waals surface area contributed by atoms with Gasteiger partial charge in [0.05, 0.1) is 5.54 Å². The summed E-state index contributed by atoms with van der Waals surface area (Å²) in [5.41, 5.74) is 2.45. The topological polar surface area (TPSA) is 49.4 Å². The maximum atomic E-state index is 12.1. The van der Waals surface area contributed by atoms with Gasteiger partial charge < -0.3 is 0 Å². The second kappa shape index (κ2) is 5.89. The van der Waals surface area contributed by atoms with E-state index in [-0.39, 0.29) is 11.8 Å². The molecule has 0 aromatic heterocycles. The minimum absolute atomic E-state index is 0.366. The van der Waals surface area contributed by atoms with Gasteiger partial charge in [0.1, 0.15) is 0 Å². The molecule has 102 valence electrons. The maximum absolute atomic E-state index is 12.1. The molecule has 0 fully saturated rings. The van der Waals surface area contributed by atoms with E-state index in [0.717, 1.165) is 6.08 Å². The summed E-state index contributed by atoms with van der Waals surface area (Å²) in [4.78, 5) is 23.8. The van der Waals surface area contributed by atoms with Crippen molar-refractivity contribution in [2.24, 2.45) is 0 Å². The minimum Gasteiger partial charge on any atom is -0.268 e. The van der Waals surface area contributed by atoms with Crippen molar-refractivity contribution in [1.82, 2.24) is 10.4 Å². The molecule has 4 nitrogen and oxygen atoms in total. The summed E-state index contributed by atoms with van der Waals surface area (Å²) in [7, 11) is 0. The van der Waals surface area contributed by atoms with Crippen molar-refractivity contribution in [1.29, 1.82) is 0 Å². The Morgan fingerprint density at radius 2 is 1.79 bits per heavy atom. The Balaban J connectivity index is 2.91. The van der Waals surface area contributed by atoms with Gasteiger partial charge in [-0.25, -0.2) is 5.01 Å². The molecule has 0 atom stereocenters. The molecule has 0 saturated heterocycles. The molecule has 0 radical (unpaired) electrons. The van der Waals surface area contributed by atoms with Gasteiger partial charge in [-0.15, -0.1) is 0 Å². The van der Waals surface area contributed by atoms with Crippen LogP contribution < -0.4 is 5.43 Å². The first-order valence-corrected chi connectivity index (χ1v) is 6.16. The van der Waals surface area contributed by atoms with E-state index < -0.39 is 5.54 Å². The van der Waals surface area contributed by atoms with Crippen molar-refractivity contribution in [2.45, 2.75) is 26.3 Å². The number of nitrogens with one attached hydrogen (secondary N) is 1. The molecule has 0 saturated carbocycles. The molecule has 0 heterocycles. The van der Waals surface area contributed by atoms with E-state index in [9.17, 15) is 9.59 Å². The minimum atomic E-state index is -0.548. The summed E-state index contributed by atoms with van der Waals surface area (Å²) in [6, 6.07) is 6.42. The molecular weight excluding hydrogens is 264 g/mol. The van der Waals surface area contributed by atoms with E-state index in [0.29, 0.717) is 10.6 Å². The Labute approximate surface area is 118 Å². The smallest absolute Gasteiger partial charge is 0.268 e. The van der Waals surface area contributed by atoms with Gasteiger partial charge in [-0.1, -0.05) is 18.2 Å².